The van der Waals surface area contributed by atoms with Crippen molar-refractivity contribution >= 4 is 34.0 Å². The summed E-state index contributed by atoms with van der Waals surface area (Å²) in [5.74, 6) is 0. The molecule has 5 rings (SSSR count). The number of rotatable bonds is 2. The largest absolute Gasteiger partial charge is 0.285 e. The molecule has 0 atom stereocenters. The Balaban J connectivity index is 1.70. The smallest absolute Gasteiger partial charge is 0.228 e. The standard InChI is InChI=1S/C24H19N2/c1-2-12-21(13-3-1)26-18-25(17-20-10-5-7-15-23(20)26)24-16-8-11-19-9-4-6-14-22(19)24/h1-17H,18H2/q+1. The summed E-state index contributed by atoms with van der Waals surface area (Å²) in [6, 6.07) is 34.3. The molecular formula is C24H19N2+. The van der Waals surface area contributed by atoms with Gasteiger partial charge in [0.2, 0.25) is 12.4 Å². The predicted molar refractivity (Wildman–Crippen MR) is 109 cm³/mol. The van der Waals surface area contributed by atoms with Crippen molar-refractivity contribution in [3.05, 3.63) is 103 Å². The fraction of sp³-hybridized carbons (Fsp3) is 0.0417. The lowest BCUT2D eigenvalue weighted by molar-refractivity contribution is -0.432. The molecular weight excluding hydrogens is 316 g/mol. The number of hydrogen-bond acceptors (Lipinski definition) is 1. The molecule has 0 amide bonds. The molecule has 0 aromatic heterocycles. The first-order valence-electron chi connectivity index (χ1n) is 8.91. The maximum Gasteiger partial charge on any atom is 0.228 e. The van der Waals surface area contributed by atoms with Crippen LogP contribution in [0.3, 0.4) is 0 Å². The fourth-order valence-electron chi connectivity index (χ4n) is 3.71. The average Bonchev–Trinajstić information content (AvgIpc) is 2.73. The second-order valence-corrected chi connectivity index (χ2v) is 6.56. The Kier molecular flexibility index (Phi) is 3.53. The zero-order chi connectivity index (χ0) is 17.3. The maximum atomic E-state index is 2.37. The minimum absolute atomic E-state index is 0.787. The van der Waals surface area contributed by atoms with Crippen molar-refractivity contribution in [1.29, 1.82) is 0 Å². The van der Waals surface area contributed by atoms with E-state index in [1.165, 1.54) is 33.4 Å². The first-order chi connectivity index (χ1) is 12.9. The third-order valence-electron chi connectivity index (χ3n) is 4.96. The van der Waals surface area contributed by atoms with E-state index in [0.717, 1.165) is 6.67 Å². The minimum Gasteiger partial charge on any atom is -0.285 e. The molecule has 1 aliphatic heterocycles. The molecule has 2 nitrogen and oxygen atoms in total. The van der Waals surface area contributed by atoms with Crippen LogP contribution in [0.15, 0.2) is 97.1 Å². The molecule has 0 spiro atoms. The molecule has 0 saturated carbocycles. The zero-order valence-corrected chi connectivity index (χ0v) is 14.4. The molecule has 2 heteroatoms. The van der Waals surface area contributed by atoms with Crippen LogP contribution in [0, 0.1) is 0 Å². The summed E-state index contributed by atoms with van der Waals surface area (Å²) in [5.41, 5.74) is 4.92. The molecule has 4 aromatic carbocycles. The monoisotopic (exact) mass is 335 g/mol. The summed E-state index contributed by atoms with van der Waals surface area (Å²) in [6.45, 7) is 0.787. The van der Waals surface area contributed by atoms with Crippen molar-refractivity contribution in [2.75, 3.05) is 11.6 Å². The van der Waals surface area contributed by atoms with Crippen LogP contribution in [-0.4, -0.2) is 17.5 Å². The van der Waals surface area contributed by atoms with Crippen LogP contribution in [0.2, 0.25) is 0 Å². The van der Waals surface area contributed by atoms with Crippen LogP contribution in [0.25, 0.3) is 10.8 Å². The highest BCUT2D eigenvalue weighted by molar-refractivity contribution is 5.94. The van der Waals surface area contributed by atoms with E-state index >= 15 is 0 Å². The molecule has 26 heavy (non-hydrogen) atoms. The molecule has 124 valence electrons. The summed E-state index contributed by atoms with van der Waals surface area (Å²) < 4.78 is 2.34. The van der Waals surface area contributed by atoms with Crippen LogP contribution < -0.4 is 4.90 Å². The number of hydrogen-bond donors (Lipinski definition) is 0. The predicted octanol–water partition coefficient (Wildman–Crippen LogP) is 5.71. The summed E-state index contributed by atoms with van der Waals surface area (Å²) in [6.07, 6.45) is 2.26. The number of benzene rings is 4. The number of para-hydroxylation sites is 2. The molecule has 0 radical (unpaired) electrons. The summed E-state index contributed by atoms with van der Waals surface area (Å²) in [5, 5.41) is 2.54. The zero-order valence-electron chi connectivity index (χ0n) is 14.4. The lowest BCUT2D eigenvalue weighted by Crippen LogP contribution is -2.32. The molecule has 0 fully saturated rings. The number of nitrogens with zero attached hydrogens (tertiary/aromatic N) is 2. The molecule has 0 unspecified atom stereocenters. The average molecular weight is 335 g/mol. The molecule has 0 aliphatic carbocycles. The van der Waals surface area contributed by atoms with E-state index in [9.17, 15) is 0 Å². The van der Waals surface area contributed by atoms with Crippen molar-refractivity contribution in [2.45, 2.75) is 0 Å². The van der Waals surface area contributed by atoms with E-state index in [1.54, 1.807) is 0 Å². The van der Waals surface area contributed by atoms with E-state index in [4.69, 9.17) is 0 Å². The van der Waals surface area contributed by atoms with Gasteiger partial charge in [0, 0.05) is 11.8 Å². The topological polar surface area (TPSA) is 6.25 Å². The van der Waals surface area contributed by atoms with Crippen LogP contribution in [0.1, 0.15) is 5.56 Å². The van der Waals surface area contributed by atoms with Crippen molar-refractivity contribution in [3.8, 4) is 0 Å². The number of anilines is 2. The van der Waals surface area contributed by atoms with Gasteiger partial charge >= 0.3 is 0 Å². The van der Waals surface area contributed by atoms with Gasteiger partial charge in [-0.2, -0.15) is 4.58 Å². The van der Waals surface area contributed by atoms with Crippen molar-refractivity contribution in [3.63, 3.8) is 0 Å². The van der Waals surface area contributed by atoms with Gasteiger partial charge in [0.05, 0.1) is 16.6 Å². The van der Waals surface area contributed by atoms with Crippen molar-refractivity contribution in [1.82, 2.24) is 0 Å². The fourth-order valence-corrected chi connectivity index (χ4v) is 3.71. The van der Waals surface area contributed by atoms with E-state index < -0.39 is 0 Å². The van der Waals surface area contributed by atoms with Gasteiger partial charge in [0.15, 0.2) is 6.21 Å². The van der Waals surface area contributed by atoms with Gasteiger partial charge in [-0.3, -0.25) is 4.90 Å². The number of fused-ring (bicyclic) bond motifs is 2. The van der Waals surface area contributed by atoms with Gasteiger partial charge in [0.1, 0.15) is 0 Å². The SMILES string of the molecule is C1=[N+](c2cccc3ccccc23)CN(c2ccccc2)c2ccccc21. The van der Waals surface area contributed by atoms with E-state index in [0.29, 0.717) is 0 Å². The highest BCUT2D eigenvalue weighted by Crippen LogP contribution is 2.33. The van der Waals surface area contributed by atoms with Crippen molar-refractivity contribution < 1.29 is 4.58 Å². The van der Waals surface area contributed by atoms with Gasteiger partial charge < -0.3 is 0 Å². The molecule has 0 bridgehead atoms. The Morgan fingerprint density at radius 1 is 0.654 bits per heavy atom. The summed E-state index contributed by atoms with van der Waals surface area (Å²) >= 11 is 0. The summed E-state index contributed by atoms with van der Waals surface area (Å²) in [4.78, 5) is 2.37. The first kappa shape index (κ1) is 14.9. The lowest BCUT2D eigenvalue weighted by Gasteiger charge is -2.27. The van der Waals surface area contributed by atoms with Gasteiger partial charge in [-0.1, -0.05) is 60.7 Å². The third-order valence-corrected chi connectivity index (χ3v) is 4.96. The van der Waals surface area contributed by atoms with Crippen LogP contribution in [0.5, 0.6) is 0 Å². The molecule has 0 saturated heterocycles. The Morgan fingerprint density at radius 2 is 1.38 bits per heavy atom. The normalized spacial score (nSPS) is 13.4. The van der Waals surface area contributed by atoms with Gasteiger partial charge in [-0.25, -0.2) is 0 Å². The molecule has 0 N–H and O–H groups in total. The lowest BCUT2D eigenvalue weighted by atomic mass is 10.1. The van der Waals surface area contributed by atoms with Crippen LogP contribution in [0.4, 0.5) is 17.1 Å². The van der Waals surface area contributed by atoms with E-state index in [2.05, 4.69) is 113 Å². The highest BCUT2D eigenvalue weighted by atomic mass is 15.3. The maximum absolute atomic E-state index is 2.37. The van der Waals surface area contributed by atoms with E-state index in [-0.39, 0.29) is 0 Å². The van der Waals surface area contributed by atoms with Gasteiger partial charge in [-0.15, -0.1) is 0 Å². The Morgan fingerprint density at radius 3 is 2.31 bits per heavy atom. The van der Waals surface area contributed by atoms with Crippen LogP contribution >= 0.6 is 0 Å². The Hall–Kier alpha value is -3.39. The quantitative estimate of drug-likeness (QED) is 0.425. The van der Waals surface area contributed by atoms with Crippen molar-refractivity contribution in [2.24, 2.45) is 0 Å². The Labute approximate surface area is 153 Å². The highest BCUT2D eigenvalue weighted by Gasteiger charge is 2.26. The van der Waals surface area contributed by atoms with Gasteiger partial charge in [0.25, 0.3) is 0 Å². The second kappa shape index (κ2) is 6.16. The minimum atomic E-state index is 0.787. The summed E-state index contributed by atoms with van der Waals surface area (Å²) in [7, 11) is 0. The molecule has 1 heterocycles. The second-order valence-electron chi connectivity index (χ2n) is 6.56. The molecule has 1 aliphatic rings. The van der Waals surface area contributed by atoms with Gasteiger partial charge in [-0.05, 0) is 35.7 Å². The third kappa shape index (κ3) is 2.47. The Bertz CT molecular complexity index is 1110. The first-order valence-corrected chi connectivity index (χ1v) is 8.91. The van der Waals surface area contributed by atoms with Crippen LogP contribution in [-0.2, 0) is 0 Å². The van der Waals surface area contributed by atoms with E-state index in [1.807, 2.05) is 0 Å². The molecule has 4 aromatic rings.